The molecule has 0 aromatic heterocycles. The van der Waals surface area contributed by atoms with Gasteiger partial charge < -0.3 is 10.6 Å². The van der Waals surface area contributed by atoms with Crippen molar-refractivity contribution < 1.29 is 14.4 Å². The fourth-order valence-electron chi connectivity index (χ4n) is 2.26. The fraction of sp³-hybridized carbons (Fsp3) is 0.211. The summed E-state index contributed by atoms with van der Waals surface area (Å²) in [5, 5.41) is 5.75. The normalized spacial score (nSPS) is 10.4. The smallest absolute Gasteiger partial charge is 0.252 e. The molecule has 0 aliphatic heterocycles. The minimum Gasteiger partial charge on any atom is -0.352 e. The number of nitrogens with one attached hydrogen (secondary N) is 2. The molecular weight excluding hydrogens is 340 g/mol. The quantitative estimate of drug-likeness (QED) is 0.780. The van der Waals surface area contributed by atoms with Crippen LogP contribution in [0.4, 0.5) is 0 Å². The molecule has 5 nitrogen and oxygen atoms in total. The second-order valence-corrected chi connectivity index (χ2v) is 6.22. The summed E-state index contributed by atoms with van der Waals surface area (Å²) in [6, 6.07) is 12.9. The van der Waals surface area contributed by atoms with Gasteiger partial charge in [-0.25, -0.2) is 0 Å². The summed E-state index contributed by atoms with van der Waals surface area (Å²) in [5.74, 6) is -1.05. The summed E-state index contributed by atoms with van der Waals surface area (Å²) in [7, 11) is 0. The zero-order valence-electron chi connectivity index (χ0n) is 14.0. The van der Waals surface area contributed by atoms with Gasteiger partial charge in [-0.15, -0.1) is 0 Å². The Kier molecular flexibility index (Phi) is 6.31. The lowest BCUT2D eigenvalue weighted by atomic mass is 9.98. The Labute approximate surface area is 151 Å². The van der Waals surface area contributed by atoms with Crippen LogP contribution in [0.15, 0.2) is 48.5 Å². The Morgan fingerprint density at radius 2 is 1.56 bits per heavy atom. The number of rotatable bonds is 6. The molecule has 6 heteroatoms. The van der Waals surface area contributed by atoms with Crippen molar-refractivity contribution in [2.45, 2.75) is 19.9 Å². The largest absolute Gasteiger partial charge is 0.352 e. The topological polar surface area (TPSA) is 75.3 Å². The van der Waals surface area contributed by atoms with Gasteiger partial charge >= 0.3 is 0 Å². The molecule has 2 aromatic carbocycles. The van der Waals surface area contributed by atoms with E-state index >= 15 is 0 Å². The number of hydrogen-bond donors (Lipinski definition) is 2. The molecule has 0 unspecified atom stereocenters. The van der Waals surface area contributed by atoms with Crippen LogP contribution in [0.25, 0.3) is 0 Å². The number of carbonyl (C=O) groups is 3. The molecule has 0 atom stereocenters. The maximum absolute atomic E-state index is 12.7. The fourth-order valence-corrected chi connectivity index (χ4v) is 2.39. The molecule has 2 aromatic rings. The summed E-state index contributed by atoms with van der Waals surface area (Å²) in [4.78, 5) is 36.7. The monoisotopic (exact) mass is 358 g/mol. The standard InChI is InChI=1S/C19H19ClN2O3/c1-12(2)22-17(23)11-21-19(25)16-6-4-3-5-15(16)18(24)13-7-9-14(20)10-8-13/h3-10,12H,11H2,1-2H3,(H,21,25)(H,22,23). The van der Waals surface area contributed by atoms with Crippen molar-refractivity contribution >= 4 is 29.2 Å². The van der Waals surface area contributed by atoms with Crippen LogP contribution in [0.5, 0.6) is 0 Å². The van der Waals surface area contributed by atoms with Gasteiger partial charge in [0.25, 0.3) is 5.91 Å². The molecule has 0 saturated heterocycles. The lowest BCUT2D eigenvalue weighted by molar-refractivity contribution is -0.120. The third-order valence-electron chi connectivity index (χ3n) is 3.38. The molecule has 0 aliphatic rings. The van der Waals surface area contributed by atoms with Gasteiger partial charge in [0.1, 0.15) is 0 Å². The molecule has 0 saturated carbocycles. The maximum atomic E-state index is 12.7. The van der Waals surface area contributed by atoms with Gasteiger partial charge in [-0.05, 0) is 44.2 Å². The van der Waals surface area contributed by atoms with E-state index in [0.717, 1.165) is 0 Å². The van der Waals surface area contributed by atoms with E-state index < -0.39 is 5.91 Å². The zero-order chi connectivity index (χ0) is 18.4. The highest BCUT2D eigenvalue weighted by Gasteiger charge is 2.18. The Balaban J connectivity index is 2.17. The highest BCUT2D eigenvalue weighted by Crippen LogP contribution is 2.17. The molecule has 0 aliphatic carbocycles. The Bertz CT molecular complexity index is 786. The molecule has 0 spiro atoms. The van der Waals surface area contributed by atoms with E-state index in [-0.39, 0.29) is 35.4 Å². The third kappa shape index (κ3) is 5.16. The molecule has 2 rings (SSSR count). The van der Waals surface area contributed by atoms with E-state index in [4.69, 9.17) is 11.6 Å². The van der Waals surface area contributed by atoms with Gasteiger partial charge in [-0.2, -0.15) is 0 Å². The number of amides is 2. The average molecular weight is 359 g/mol. The number of benzene rings is 2. The Hall–Kier alpha value is -2.66. The lowest BCUT2D eigenvalue weighted by Crippen LogP contribution is -2.40. The molecule has 0 heterocycles. The van der Waals surface area contributed by atoms with E-state index in [1.54, 1.807) is 48.5 Å². The molecule has 0 fully saturated rings. The van der Waals surface area contributed by atoms with Crippen molar-refractivity contribution in [3.8, 4) is 0 Å². The predicted octanol–water partition coefficient (Wildman–Crippen LogP) is 2.83. The molecule has 0 bridgehead atoms. The highest BCUT2D eigenvalue weighted by atomic mass is 35.5. The van der Waals surface area contributed by atoms with Crippen molar-refractivity contribution in [3.05, 3.63) is 70.2 Å². The molecule has 25 heavy (non-hydrogen) atoms. The Morgan fingerprint density at radius 3 is 2.16 bits per heavy atom. The Morgan fingerprint density at radius 1 is 0.960 bits per heavy atom. The van der Waals surface area contributed by atoms with Crippen LogP contribution in [0, 0.1) is 0 Å². The number of carbonyl (C=O) groups excluding carboxylic acids is 3. The summed E-state index contributed by atoms with van der Waals surface area (Å²) >= 11 is 5.84. The second kappa shape index (κ2) is 8.44. The molecule has 130 valence electrons. The molecule has 0 radical (unpaired) electrons. The first kappa shape index (κ1) is 18.7. The van der Waals surface area contributed by atoms with Gasteiger partial charge in [0, 0.05) is 22.2 Å². The van der Waals surface area contributed by atoms with Crippen LogP contribution in [-0.4, -0.2) is 30.2 Å². The minimum absolute atomic E-state index is 0.0110. The van der Waals surface area contributed by atoms with E-state index in [9.17, 15) is 14.4 Å². The van der Waals surface area contributed by atoms with Crippen LogP contribution in [0.1, 0.15) is 40.1 Å². The number of halogens is 1. The summed E-state index contributed by atoms with van der Waals surface area (Å²) in [6.45, 7) is 3.51. The third-order valence-corrected chi connectivity index (χ3v) is 3.63. The van der Waals surface area contributed by atoms with Gasteiger partial charge in [-0.1, -0.05) is 29.8 Å². The summed E-state index contributed by atoms with van der Waals surface area (Å²) < 4.78 is 0. The minimum atomic E-state index is -0.475. The average Bonchev–Trinajstić information content (AvgIpc) is 2.59. The van der Waals surface area contributed by atoms with Crippen molar-refractivity contribution in [2.75, 3.05) is 6.54 Å². The number of hydrogen-bond acceptors (Lipinski definition) is 3. The van der Waals surface area contributed by atoms with Crippen molar-refractivity contribution in [1.29, 1.82) is 0 Å². The zero-order valence-corrected chi connectivity index (χ0v) is 14.8. The van der Waals surface area contributed by atoms with Crippen LogP contribution in [-0.2, 0) is 4.79 Å². The first-order valence-electron chi connectivity index (χ1n) is 7.85. The van der Waals surface area contributed by atoms with Crippen LogP contribution >= 0.6 is 11.6 Å². The van der Waals surface area contributed by atoms with Crippen molar-refractivity contribution in [3.63, 3.8) is 0 Å². The second-order valence-electron chi connectivity index (χ2n) is 5.79. The van der Waals surface area contributed by atoms with Gasteiger partial charge in [0.05, 0.1) is 12.1 Å². The van der Waals surface area contributed by atoms with Crippen LogP contribution in [0.2, 0.25) is 5.02 Å². The van der Waals surface area contributed by atoms with Crippen molar-refractivity contribution in [1.82, 2.24) is 10.6 Å². The first-order valence-corrected chi connectivity index (χ1v) is 8.23. The SMILES string of the molecule is CC(C)NC(=O)CNC(=O)c1ccccc1C(=O)c1ccc(Cl)cc1. The maximum Gasteiger partial charge on any atom is 0.252 e. The summed E-state index contributed by atoms with van der Waals surface area (Å²) in [6.07, 6.45) is 0. The van der Waals surface area contributed by atoms with E-state index in [0.29, 0.717) is 10.6 Å². The lowest BCUT2D eigenvalue weighted by Gasteiger charge is -2.11. The number of ketones is 1. The van der Waals surface area contributed by atoms with E-state index in [1.807, 2.05) is 13.8 Å². The van der Waals surface area contributed by atoms with Gasteiger partial charge in [0.15, 0.2) is 5.78 Å². The highest BCUT2D eigenvalue weighted by molar-refractivity contribution is 6.30. The van der Waals surface area contributed by atoms with E-state index in [2.05, 4.69) is 10.6 Å². The van der Waals surface area contributed by atoms with Crippen molar-refractivity contribution in [2.24, 2.45) is 0 Å². The molecule has 2 amide bonds. The first-order chi connectivity index (χ1) is 11.9. The van der Waals surface area contributed by atoms with Gasteiger partial charge in [-0.3, -0.25) is 14.4 Å². The van der Waals surface area contributed by atoms with E-state index in [1.165, 1.54) is 0 Å². The molecule has 2 N–H and O–H groups in total. The predicted molar refractivity (Wildman–Crippen MR) is 96.9 cm³/mol. The van der Waals surface area contributed by atoms with Crippen LogP contribution < -0.4 is 10.6 Å². The summed E-state index contributed by atoms with van der Waals surface area (Å²) in [5.41, 5.74) is 0.925. The van der Waals surface area contributed by atoms with Gasteiger partial charge in [0.2, 0.25) is 5.91 Å². The van der Waals surface area contributed by atoms with Crippen LogP contribution in [0.3, 0.4) is 0 Å². The molecular formula is C19H19ClN2O3.